The van der Waals surface area contributed by atoms with Crippen LogP contribution in [0.15, 0.2) is 59.7 Å². The van der Waals surface area contributed by atoms with Gasteiger partial charge in [-0.1, -0.05) is 30.3 Å². The van der Waals surface area contributed by atoms with E-state index in [0.717, 1.165) is 10.8 Å². The summed E-state index contributed by atoms with van der Waals surface area (Å²) in [5.41, 5.74) is 2.25. The highest BCUT2D eigenvalue weighted by Crippen LogP contribution is 2.37. The average Bonchev–Trinajstić information content (AvgIpc) is 3.19. The van der Waals surface area contributed by atoms with E-state index in [0.29, 0.717) is 17.2 Å². The van der Waals surface area contributed by atoms with Gasteiger partial charge in [-0.2, -0.15) is 5.10 Å². The molecule has 0 radical (unpaired) electrons. The quantitative estimate of drug-likeness (QED) is 0.391. The zero-order valence-electron chi connectivity index (χ0n) is 15.0. The summed E-state index contributed by atoms with van der Waals surface area (Å²) in [6.07, 6.45) is 1.17. The van der Waals surface area contributed by atoms with Gasteiger partial charge in [0.2, 0.25) is 6.79 Å². The number of rotatable bonds is 6. The number of hydrogen-bond acceptors (Lipinski definition) is 7. The summed E-state index contributed by atoms with van der Waals surface area (Å²) in [7, 11) is 0. The Kier molecular flexibility index (Phi) is 4.93. The highest BCUT2D eigenvalue weighted by atomic mass is 16.7. The Morgan fingerprint density at radius 1 is 1.14 bits per heavy atom. The molecule has 1 amide bonds. The van der Waals surface area contributed by atoms with Crippen LogP contribution in [0.4, 0.5) is 5.69 Å². The molecule has 0 fully saturated rings. The van der Waals surface area contributed by atoms with Gasteiger partial charge in [-0.05, 0) is 29.0 Å². The van der Waals surface area contributed by atoms with E-state index in [9.17, 15) is 14.9 Å². The standard InChI is InChI=1S/C20H15N3O6/c24-20(11-27-16-6-5-13-3-1-2-4-14(13)7-16)22-21-10-15-8-18-19(29-12-28-18)9-17(15)23(25)26/h1-10H,11-12H2,(H,22,24). The van der Waals surface area contributed by atoms with Crippen molar-refractivity contribution in [3.05, 3.63) is 70.3 Å². The molecule has 0 saturated heterocycles. The van der Waals surface area contributed by atoms with E-state index in [-0.39, 0.29) is 24.7 Å². The van der Waals surface area contributed by atoms with E-state index in [1.54, 1.807) is 6.07 Å². The fourth-order valence-electron chi connectivity index (χ4n) is 2.82. The Balaban J connectivity index is 1.38. The van der Waals surface area contributed by atoms with Crippen molar-refractivity contribution in [1.82, 2.24) is 5.43 Å². The highest BCUT2D eigenvalue weighted by Gasteiger charge is 2.22. The van der Waals surface area contributed by atoms with Crippen LogP contribution in [0.2, 0.25) is 0 Å². The summed E-state index contributed by atoms with van der Waals surface area (Å²) in [5, 5.41) is 17.0. The van der Waals surface area contributed by atoms with Gasteiger partial charge in [-0.15, -0.1) is 0 Å². The van der Waals surface area contributed by atoms with Crippen LogP contribution in [0.25, 0.3) is 10.8 Å². The van der Waals surface area contributed by atoms with Gasteiger partial charge in [0.1, 0.15) is 5.75 Å². The lowest BCUT2D eigenvalue weighted by Gasteiger charge is -2.06. The molecule has 0 aromatic heterocycles. The summed E-state index contributed by atoms with van der Waals surface area (Å²) < 4.78 is 15.8. The fraction of sp³-hybridized carbons (Fsp3) is 0.100. The van der Waals surface area contributed by atoms with Crippen molar-refractivity contribution in [3.8, 4) is 17.2 Å². The molecule has 1 aliphatic rings. The lowest BCUT2D eigenvalue weighted by molar-refractivity contribution is -0.385. The Morgan fingerprint density at radius 2 is 1.90 bits per heavy atom. The third-order valence-corrected chi connectivity index (χ3v) is 4.20. The minimum Gasteiger partial charge on any atom is -0.484 e. The number of benzene rings is 3. The van der Waals surface area contributed by atoms with Gasteiger partial charge in [0.15, 0.2) is 18.1 Å². The molecule has 3 aromatic carbocycles. The number of ether oxygens (including phenoxy) is 3. The number of nitro groups is 1. The van der Waals surface area contributed by atoms with Crippen LogP contribution in [-0.4, -0.2) is 30.4 Å². The van der Waals surface area contributed by atoms with Gasteiger partial charge in [0.05, 0.1) is 22.8 Å². The Labute approximate surface area is 164 Å². The van der Waals surface area contributed by atoms with Crippen LogP contribution in [0.1, 0.15) is 5.56 Å². The molecular formula is C20H15N3O6. The second-order valence-corrected chi connectivity index (χ2v) is 6.11. The fourth-order valence-corrected chi connectivity index (χ4v) is 2.82. The maximum absolute atomic E-state index is 11.9. The van der Waals surface area contributed by atoms with Gasteiger partial charge < -0.3 is 14.2 Å². The van der Waals surface area contributed by atoms with Crippen molar-refractivity contribution in [1.29, 1.82) is 0 Å². The van der Waals surface area contributed by atoms with Gasteiger partial charge in [0, 0.05) is 0 Å². The molecule has 1 aliphatic heterocycles. The minimum atomic E-state index is -0.562. The number of carbonyl (C=O) groups is 1. The van der Waals surface area contributed by atoms with Crippen LogP contribution >= 0.6 is 0 Å². The van der Waals surface area contributed by atoms with Crippen molar-refractivity contribution < 1.29 is 23.9 Å². The number of nitrogens with one attached hydrogen (secondary N) is 1. The van der Waals surface area contributed by atoms with Crippen molar-refractivity contribution in [2.45, 2.75) is 0 Å². The third kappa shape index (κ3) is 4.08. The lowest BCUT2D eigenvalue weighted by Crippen LogP contribution is -2.24. The molecular weight excluding hydrogens is 378 g/mol. The van der Waals surface area contributed by atoms with E-state index in [1.807, 2.05) is 36.4 Å². The van der Waals surface area contributed by atoms with Crippen LogP contribution in [0, 0.1) is 10.1 Å². The topological polar surface area (TPSA) is 112 Å². The second kappa shape index (κ2) is 7.85. The first-order chi connectivity index (χ1) is 14.1. The van der Waals surface area contributed by atoms with E-state index in [1.165, 1.54) is 18.3 Å². The zero-order valence-corrected chi connectivity index (χ0v) is 15.0. The first-order valence-electron chi connectivity index (χ1n) is 8.62. The molecule has 1 heterocycles. The summed E-state index contributed by atoms with van der Waals surface area (Å²) in [4.78, 5) is 22.6. The molecule has 3 aromatic rings. The summed E-state index contributed by atoms with van der Waals surface area (Å²) in [6.45, 7) is -0.255. The van der Waals surface area contributed by atoms with Gasteiger partial charge in [0.25, 0.3) is 11.6 Å². The average molecular weight is 393 g/mol. The molecule has 9 nitrogen and oxygen atoms in total. The van der Waals surface area contributed by atoms with Gasteiger partial charge in [-0.25, -0.2) is 5.43 Å². The lowest BCUT2D eigenvalue weighted by atomic mass is 10.1. The van der Waals surface area contributed by atoms with E-state index in [2.05, 4.69) is 10.5 Å². The molecule has 146 valence electrons. The molecule has 0 saturated carbocycles. The predicted molar refractivity (Wildman–Crippen MR) is 104 cm³/mol. The number of hydrazone groups is 1. The SMILES string of the molecule is O=C(COc1ccc2ccccc2c1)NN=Cc1cc2c(cc1[N+](=O)[O-])OCO2. The number of hydrogen-bond donors (Lipinski definition) is 1. The molecule has 0 atom stereocenters. The van der Waals surface area contributed by atoms with Crippen molar-refractivity contribution >= 4 is 28.6 Å². The number of amides is 1. The predicted octanol–water partition coefficient (Wildman–Crippen LogP) is 3.01. The Morgan fingerprint density at radius 3 is 2.69 bits per heavy atom. The van der Waals surface area contributed by atoms with Crippen molar-refractivity contribution in [2.24, 2.45) is 5.10 Å². The molecule has 29 heavy (non-hydrogen) atoms. The monoisotopic (exact) mass is 393 g/mol. The smallest absolute Gasteiger partial charge is 0.282 e. The number of carbonyl (C=O) groups excluding carboxylic acids is 1. The Bertz CT molecular complexity index is 1130. The normalized spacial score (nSPS) is 12.3. The molecule has 0 spiro atoms. The number of nitrogens with zero attached hydrogens (tertiary/aromatic N) is 2. The number of fused-ring (bicyclic) bond motifs is 2. The first-order valence-corrected chi connectivity index (χ1v) is 8.62. The van der Waals surface area contributed by atoms with E-state index < -0.39 is 10.8 Å². The third-order valence-electron chi connectivity index (χ3n) is 4.20. The minimum absolute atomic E-state index is 0.00404. The molecule has 4 rings (SSSR count). The maximum atomic E-state index is 11.9. The molecule has 9 heteroatoms. The second-order valence-electron chi connectivity index (χ2n) is 6.11. The van der Waals surface area contributed by atoms with Crippen molar-refractivity contribution in [3.63, 3.8) is 0 Å². The highest BCUT2D eigenvalue weighted by molar-refractivity contribution is 5.88. The summed E-state index contributed by atoms with van der Waals surface area (Å²) in [5.74, 6) is 0.719. The largest absolute Gasteiger partial charge is 0.484 e. The Hall–Kier alpha value is -4.14. The molecule has 0 aliphatic carbocycles. The molecule has 0 bridgehead atoms. The molecule has 0 unspecified atom stereocenters. The van der Waals surface area contributed by atoms with Gasteiger partial charge >= 0.3 is 0 Å². The van der Waals surface area contributed by atoms with Crippen LogP contribution < -0.4 is 19.6 Å². The summed E-state index contributed by atoms with van der Waals surface area (Å²) in [6, 6.07) is 16.0. The first kappa shape index (κ1) is 18.2. The van der Waals surface area contributed by atoms with E-state index in [4.69, 9.17) is 14.2 Å². The molecule has 1 N–H and O–H groups in total. The zero-order chi connectivity index (χ0) is 20.2. The van der Waals surface area contributed by atoms with Gasteiger partial charge in [-0.3, -0.25) is 14.9 Å². The maximum Gasteiger partial charge on any atom is 0.282 e. The number of nitro benzene ring substituents is 1. The van der Waals surface area contributed by atoms with Crippen LogP contribution in [0.3, 0.4) is 0 Å². The van der Waals surface area contributed by atoms with Crippen LogP contribution in [0.5, 0.6) is 17.2 Å². The van der Waals surface area contributed by atoms with Crippen molar-refractivity contribution in [2.75, 3.05) is 13.4 Å². The summed E-state index contributed by atoms with van der Waals surface area (Å²) >= 11 is 0. The van der Waals surface area contributed by atoms with Crippen LogP contribution in [-0.2, 0) is 4.79 Å². The van der Waals surface area contributed by atoms with E-state index >= 15 is 0 Å².